The number of fused-ring (bicyclic) bond motifs is 1. The molecule has 1 aliphatic rings. The molecule has 0 spiro atoms. The van der Waals surface area contributed by atoms with E-state index in [2.05, 4.69) is 56.3 Å². The number of nitroso groups, excluding NO2 is 1. The van der Waals surface area contributed by atoms with Crippen LogP contribution >= 0.6 is 0 Å². The standard InChI is InChI=1S/C21H25NO3/c1-14-8-11-18(19(12-14)25-20(23)22-24)21(2,3)17-10-9-15-6-4-5-7-16(15)13-17/h4-7,9-10,13-14,18-19H,8,11-12H2,1-3H3/t14-,18-,19-/m1/s1. The molecule has 4 heteroatoms. The van der Waals surface area contributed by atoms with Crippen LogP contribution in [0.25, 0.3) is 10.8 Å². The van der Waals surface area contributed by atoms with Crippen molar-refractivity contribution in [1.82, 2.24) is 0 Å². The summed E-state index contributed by atoms with van der Waals surface area (Å²) in [6, 6.07) is 14.8. The molecule has 1 saturated carbocycles. The van der Waals surface area contributed by atoms with Gasteiger partial charge in [0.25, 0.3) is 0 Å². The average Bonchev–Trinajstić information content (AvgIpc) is 2.61. The molecule has 0 saturated heterocycles. The zero-order chi connectivity index (χ0) is 18.0. The summed E-state index contributed by atoms with van der Waals surface area (Å²) in [4.78, 5) is 22.0. The first-order valence-corrected chi connectivity index (χ1v) is 8.95. The van der Waals surface area contributed by atoms with Crippen LogP contribution in [-0.2, 0) is 10.2 Å². The Balaban J connectivity index is 1.94. The smallest absolute Gasteiger partial charge is 0.442 e. The van der Waals surface area contributed by atoms with E-state index in [9.17, 15) is 9.70 Å². The fourth-order valence-electron chi connectivity index (χ4n) is 4.24. The fraction of sp³-hybridized carbons (Fsp3) is 0.476. The molecule has 3 atom stereocenters. The topological polar surface area (TPSA) is 55.7 Å². The molecule has 4 nitrogen and oxygen atoms in total. The number of benzene rings is 2. The molecule has 0 radical (unpaired) electrons. The second kappa shape index (κ2) is 6.95. The van der Waals surface area contributed by atoms with E-state index in [1.54, 1.807) is 0 Å². The lowest BCUT2D eigenvalue weighted by molar-refractivity contribution is 0.000782. The zero-order valence-electron chi connectivity index (χ0n) is 15.1. The highest BCUT2D eigenvalue weighted by atomic mass is 16.6. The number of carbonyl (C=O) groups is 1. The third kappa shape index (κ3) is 3.58. The highest BCUT2D eigenvalue weighted by molar-refractivity contribution is 5.83. The third-order valence-corrected chi connectivity index (χ3v) is 5.80. The molecule has 1 fully saturated rings. The molecule has 2 aromatic rings. The third-order valence-electron chi connectivity index (χ3n) is 5.80. The summed E-state index contributed by atoms with van der Waals surface area (Å²) in [6.07, 6.45) is 1.58. The molecular weight excluding hydrogens is 314 g/mol. The molecule has 2 aromatic carbocycles. The number of hydrogen-bond acceptors (Lipinski definition) is 3. The lowest BCUT2D eigenvalue weighted by Gasteiger charge is -2.43. The van der Waals surface area contributed by atoms with E-state index in [-0.39, 0.29) is 17.4 Å². The van der Waals surface area contributed by atoms with E-state index in [0.29, 0.717) is 5.92 Å². The van der Waals surface area contributed by atoms with Crippen LogP contribution in [-0.4, -0.2) is 12.2 Å². The van der Waals surface area contributed by atoms with Gasteiger partial charge in [-0.1, -0.05) is 69.7 Å². The van der Waals surface area contributed by atoms with Gasteiger partial charge in [0.1, 0.15) is 6.10 Å². The average molecular weight is 339 g/mol. The minimum absolute atomic E-state index is 0.163. The first-order valence-electron chi connectivity index (χ1n) is 8.95. The Morgan fingerprint density at radius 1 is 1.12 bits per heavy atom. The van der Waals surface area contributed by atoms with Gasteiger partial charge in [-0.05, 0) is 40.5 Å². The first kappa shape index (κ1) is 17.6. The van der Waals surface area contributed by atoms with Gasteiger partial charge in [-0.2, -0.15) is 0 Å². The van der Waals surface area contributed by atoms with Crippen molar-refractivity contribution in [3.63, 3.8) is 0 Å². The molecule has 0 N–H and O–H groups in total. The van der Waals surface area contributed by atoms with E-state index in [1.165, 1.54) is 16.3 Å². The lowest BCUT2D eigenvalue weighted by Crippen LogP contribution is -2.43. The Labute approximate surface area is 148 Å². The minimum atomic E-state index is -1.00. The fourth-order valence-corrected chi connectivity index (χ4v) is 4.24. The molecular formula is C21H25NO3. The van der Waals surface area contributed by atoms with Crippen molar-refractivity contribution >= 4 is 16.9 Å². The minimum Gasteiger partial charge on any atom is -0.442 e. The van der Waals surface area contributed by atoms with E-state index in [0.717, 1.165) is 19.3 Å². The Morgan fingerprint density at radius 3 is 2.56 bits per heavy atom. The largest absolute Gasteiger partial charge is 0.470 e. The van der Waals surface area contributed by atoms with E-state index >= 15 is 0 Å². The number of nitrogens with zero attached hydrogens (tertiary/aromatic N) is 1. The predicted octanol–water partition coefficient (Wildman–Crippen LogP) is 5.83. The number of rotatable bonds is 3. The van der Waals surface area contributed by atoms with Crippen LogP contribution in [0.4, 0.5) is 4.79 Å². The molecule has 3 rings (SSSR count). The van der Waals surface area contributed by atoms with Crippen molar-refractivity contribution < 1.29 is 9.53 Å². The maximum absolute atomic E-state index is 11.5. The van der Waals surface area contributed by atoms with E-state index in [1.807, 2.05) is 12.1 Å². The van der Waals surface area contributed by atoms with Gasteiger partial charge < -0.3 is 4.74 Å². The number of carbonyl (C=O) groups excluding carboxylic acids is 1. The summed E-state index contributed by atoms with van der Waals surface area (Å²) in [5, 5.41) is 4.85. The van der Waals surface area contributed by atoms with Crippen LogP contribution in [0.3, 0.4) is 0 Å². The Hall–Kier alpha value is -2.23. The van der Waals surface area contributed by atoms with Gasteiger partial charge in [0.2, 0.25) is 0 Å². The van der Waals surface area contributed by atoms with Crippen molar-refractivity contribution in [3.8, 4) is 0 Å². The number of amides is 1. The van der Waals surface area contributed by atoms with Crippen molar-refractivity contribution in [2.45, 2.75) is 51.6 Å². The van der Waals surface area contributed by atoms with Gasteiger partial charge in [-0.15, -0.1) is 4.91 Å². The molecule has 25 heavy (non-hydrogen) atoms. The molecule has 1 aliphatic carbocycles. The summed E-state index contributed by atoms with van der Waals surface area (Å²) in [7, 11) is 0. The summed E-state index contributed by atoms with van der Waals surface area (Å²) in [5.41, 5.74) is 1.06. The quantitative estimate of drug-likeness (QED) is 0.661. The second-order valence-electron chi connectivity index (χ2n) is 7.82. The maximum Gasteiger partial charge on any atom is 0.470 e. The Kier molecular flexibility index (Phi) is 4.89. The van der Waals surface area contributed by atoms with Crippen LogP contribution in [0.15, 0.2) is 47.6 Å². The Bertz CT molecular complexity index is 784. The predicted molar refractivity (Wildman–Crippen MR) is 99.5 cm³/mol. The van der Waals surface area contributed by atoms with Gasteiger partial charge >= 0.3 is 6.09 Å². The summed E-state index contributed by atoms with van der Waals surface area (Å²) in [6.45, 7) is 6.56. The zero-order valence-corrected chi connectivity index (χ0v) is 15.1. The van der Waals surface area contributed by atoms with Gasteiger partial charge in [0.05, 0.1) is 5.18 Å². The molecule has 0 unspecified atom stereocenters. The Morgan fingerprint density at radius 2 is 1.84 bits per heavy atom. The molecule has 132 valence electrons. The van der Waals surface area contributed by atoms with Gasteiger partial charge in [-0.3, -0.25) is 0 Å². The highest BCUT2D eigenvalue weighted by Crippen LogP contribution is 2.44. The van der Waals surface area contributed by atoms with Crippen LogP contribution in [0.5, 0.6) is 0 Å². The van der Waals surface area contributed by atoms with Gasteiger partial charge in [0, 0.05) is 5.92 Å². The van der Waals surface area contributed by atoms with Crippen LogP contribution < -0.4 is 0 Å². The second-order valence-corrected chi connectivity index (χ2v) is 7.82. The van der Waals surface area contributed by atoms with Gasteiger partial charge in [0.15, 0.2) is 0 Å². The normalized spacial score (nSPS) is 24.0. The summed E-state index contributed by atoms with van der Waals surface area (Å²) < 4.78 is 5.40. The van der Waals surface area contributed by atoms with Crippen LogP contribution in [0.2, 0.25) is 0 Å². The van der Waals surface area contributed by atoms with Crippen molar-refractivity contribution in [2.24, 2.45) is 17.0 Å². The molecule has 1 amide bonds. The molecule has 0 bridgehead atoms. The van der Waals surface area contributed by atoms with E-state index in [4.69, 9.17) is 4.74 Å². The maximum atomic E-state index is 11.5. The SMILES string of the molecule is C[C@@H]1CC[C@@H](C(C)(C)c2ccc3ccccc3c2)[C@H](OC(=O)N=O)C1. The van der Waals surface area contributed by atoms with Crippen LogP contribution in [0.1, 0.15) is 45.6 Å². The van der Waals surface area contributed by atoms with Crippen molar-refractivity contribution in [1.29, 1.82) is 0 Å². The highest BCUT2D eigenvalue weighted by Gasteiger charge is 2.42. The number of ether oxygens (including phenoxy) is 1. The lowest BCUT2D eigenvalue weighted by atomic mass is 9.64. The number of hydrogen-bond donors (Lipinski definition) is 0. The first-order chi connectivity index (χ1) is 11.9. The summed E-state index contributed by atoms with van der Waals surface area (Å²) >= 11 is 0. The summed E-state index contributed by atoms with van der Waals surface area (Å²) in [5.74, 6) is 0.642. The molecule has 0 aliphatic heterocycles. The van der Waals surface area contributed by atoms with E-state index < -0.39 is 6.09 Å². The van der Waals surface area contributed by atoms with Crippen molar-refractivity contribution in [3.05, 3.63) is 52.9 Å². The molecule has 0 aromatic heterocycles. The monoisotopic (exact) mass is 339 g/mol. The van der Waals surface area contributed by atoms with Gasteiger partial charge in [-0.25, -0.2) is 4.79 Å². The molecule has 0 heterocycles. The van der Waals surface area contributed by atoms with Crippen LogP contribution in [0, 0.1) is 16.7 Å². The van der Waals surface area contributed by atoms with Crippen molar-refractivity contribution in [2.75, 3.05) is 0 Å².